The van der Waals surface area contributed by atoms with Crippen LogP contribution in [0.3, 0.4) is 0 Å². The minimum absolute atomic E-state index is 0.342. The Hall–Kier alpha value is -1.34. The normalized spacial score (nSPS) is 16.7. The number of nitrogens with one attached hydrogen (secondary N) is 1. The highest BCUT2D eigenvalue weighted by Gasteiger charge is 2.15. The van der Waals surface area contributed by atoms with Crippen LogP contribution in [0.4, 0.5) is 11.5 Å². The predicted octanol–water partition coefficient (Wildman–Crippen LogP) is 1.29. The molecule has 106 valence electrons. The summed E-state index contributed by atoms with van der Waals surface area (Å²) >= 11 is 0. The molecule has 1 N–H and O–H groups in total. The average molecular weight is 284 g/mol. The second kappa shape index (κ2) is 5.75. The maximum absolute atomic E-state index is 11.7. The second-order valence-electron chi connectivity index (χ2n) is 4.84. The van der Waals surface area contributed by atoms with Gasteiger partial charge in [0.15, 0.2) is 0 Å². The van der Waals surface area contributed by atoms with Crippen LogP contribution >= 0.6 is 0 Å². The Bertz CT molecular complexity index is 507. The van der Waals surface area contributed by atoms with Gasteiger partial charge in [0.2, 0.25) is 0 Å². The van der Waals surface area contributed by atoms with Crippen molar-refractivity contribution in [1.82, 2.24) is 9.29 Å². The Balaban J connectivity index is 2.06. The number of nitrogens with zero attached hydrogens (tertiary/aromatic N) is 3. The van der Waals surface area contributed by atoms with E-state index in [4.69, 9.17) is 0 Å². The van der Waals surface area contributed by atoms with Crippen molar-refractivity contribution in [2.24, 2.45) is 0 Å². The lowest BCUT2D eigenvalue weighted by molar-refractivity contribution is 0.526. The number of aromatic nitrogens is 1. The van der Waals surface area contributed by atoms with Crippen molar-refractivity contribution >= 4 is 21.7 Å². The quantitative estimate of drug-likeness (QED) is 0.905. The molecule has 0 atom stereocenters. The molecule has 1 fully saturated rings. The van der Waals surface area contributed by atoms with E-state index in [2.05, 4.69) is 14.6 Å². The van der Waals surface area contributed by atoms with Gasteiger partial charge in [0, 0.05) is 27.2 Å². The monoisotopic (exact) mass is 284 g/mol. The first-order valence-electron chi connectivity index (χ1n) is 6.40. The number of rotatable bonds is 4. The van der Waals surface area contributed by atoms with E-state index in [1.165, 1.54) is 33.4 Å². The molecule has 0 aliphatic carbocycles. The van der Waals surface area contributed by atoms with Crippen LogP contribution in [0.15, 0.2) is 18.3 Å². The minimum Gasteiger partial charge on any atom is -0.370 e. The van der Waals surface area contributed by atoms with Crippen LogP contribution in [0, 0.1) is 0 Å². The van der Waals surface area contributed by atoms with Gasteiger partial charge < -0.3 is 4.90 Å². The zero-order chi connectivity index (χ0) is 13.9. The summed E-state index contributed by atoms with van der Waals surface area (Å²) < 4.78 is 26.8. The summed E-state index contributed by atoms with van der Waals surface area (Å²) in [6.07, 6.45) is 5.41. The molecule has 1 saturated heterocycles. The third-order valence-electron chi connectivity index (χ3n) is 3.18. The molecule has 0 amide bonds. The smallest absolute Gasteiger partial charge is 0.302 e. The zero-order valence-electron chi connectivity index (χ0n) is 11.3. The Labute approximate surface area is 114 Å². The van der Waals surface area contributed by atoms with Crippen molar-refractivity contribution in [3.8, 4) is 0 Å². The molecule has 19 heavy (non-hydrogen) atoms. The molecule has 0 radical (unpaired) electrons. The van der Waals surface area contributed by atoms with Gasteiger partial charge in [-0.1, -0.05) is 0 Å². The molecular weight excluding hydrogens is 264 g/mol. The molecule has 0 spiro atoms. The third kappa shape index (κ3) is 3.57. The number of hydrogen-bond acceptors (Lipinski definition) is 4. The van der Waals surface area contributed by atoms with Crippen LogP contribution in [-0.4, -0.2) is 44.9 Å². The van der Waals surface area contributed by atoms with Crippen LogP contribution < -0.4 is 9.62 Å². The van der Waals surface area contributed by atoms with Crippen molar-refractivity contribution in [1.29, 1.82) is 0 Å². The van der Waals surface area contributed by atoms with Crippen LogP contribution in [0.1, 0.15) is 19.3 Å². The van der Waals surface area contributed by atoms with E-state index < -0.39 is 10.2 Å². The van der Waals surface area contributed by atoms with Gasteiger partial charge in [-0.2, -0.15) is 12.7 Å². The van der Waals surface area contributed by atoms with Crippen molar-refractivity contribution in [2.75, 3.05) is 36.8 Å². The van der Waals surface area contributed by atoms with E-state index in [1.54, 1.807) is 12.3 Å². The van der Waals surface area contributed by atoms with Crippen molar-refractivity contribution in [3.63, 3.8) is 0 Å². The van der Waals surface area contributed by atoms with Crippen LogP contribution in [0.2, 0.25) is 0 Å². The van der Waals surface area contributed by atoms with Crippen molar-refractivity contribution in [2.45, 2.75) is 19.3 Å². The molecular formula is C12H20N4O2S. The molecule has 0 bridgehead atoms. The van der Waals surface area contributed by atoms with Crippen LogP contribution in [-0.2, 0) is 10.2 Å². The number of anilines is 2. The molecule has 0 unspecified atom stereocenters. The lowest BCUT2D eigenvalue weighted by atomic mass is 10.1. The topological polar surface area (TPSA) is 65.5 Å². The van der Waals surface area contributed by atoms with E-state index >= 15 is 0 Å². The van der Waals surface area contributed by atoms with Crippen molar-refractivity contribution < 1.29 is 8.42 Å². The highest BCUT2D eigenvalue weighted by atomic mass is 32.2. The molecule has 2 heterocycles. The van der Waals surface area contributed by atoms with E-state index in [1.807, 2.05) is 6.07 Å². The van der Waals surface area contributed by atoms with Gasteiger partial charge in [0.05, 0.1) is 11.9 Å². The molecule has 0 saturated carbocycles. The average Bonchev–Trinajstić information content (AvgIpc) is 2.40. The summed E-state index contributed by atoms with van der Waals surface area (Å²) in [5, 5.41) is 0. The van der Waals surface area contributed by atoms with Crippen LogP contribution in [0.25, 0.3) is 0 Å². The fraction of sp³-hybridized carbons (Fsp3) is 0.583. The Morgan fingerprint density at radius 1 is 1.21 bits per heavy atom. The summed E-state index contributed by atoms with van der Waals surface area (Å²) in [5.41, 5.74) is 1.05. The number of hydrogen-bond donors (Lipinski definition) is 1. The lowest BCUT2D eigenvalue weighted by Gasteiger charge is -2.28. The van der Waals surface area contributed by atoms with Gasteiger partial charge in [-0.05, 0) is 31.4 Å². The maximum Gasteiger partial charge on any atom is 0.302 e. The van der Waals surface area contributed by atoms with E-state index in [0.29, 0.717) is 5.82 Å². The van der Waals surface area contributed by atoms with Gasteiger partial charge in [0.1, 0.15) is 5.82 Å². The fourth-order valence-corrected chi connectivity index (χ4v) is 2.58. The Morgan fingerprint density at radius 2 is 1.89 bits per heavy atom. The van der Waals surface area contributed by atoms with E-state index in [-0.39, 0.29) is 0 Å². The summed E-state index contributed by atoms with van der Waals surface area (Å²) in [6, 6.07) is 3.61. The summed E-state index contributed by atoms with van der Waals surface area (Å²) in [6.45, 7) is 2.09. The molecule has 1 aliphatic rings. The molecule has 1 aromatic heterocycles. The first kappa shape index (κ1) is 14.1. The Kier molecular flexibility index (Phi) is 4.26. The molecule has 0 aromatic carbocycles. The Morgan fingerprint density at radius 3 is 2.42 bits per heavy atom. The second-order valence-corrected chi connectivity index (χ2v) is 6.72. The van der Waals surface area contributed by atoms with Gasteiger partial charge in [-0.3, -0.25) is 4.72 Å². The SMILES string of the molecule is CN(C)S(=O)(=O)Nc1ccc(N2CCCCC2)cn1. The molecule has 1 aromatic rings. The highest BCUT2D eigenvalue weighted by Crippen LogP contribution is 2.20. The van der Waals surface area contributed by atoms with Gasteiger partial charge in [-0.15, -0.1) is 0 Å². The van der Waals surface area contributed by atoms with E-state index in [0.717, 1.165) is 23.1 Å². The first-order chi connectivity index (χ1) is 8.99. The standard InChI is InChI=1S/C12H20N4O2S/c1-15(2)19(17,18)14-12-7-6-11(10-13-12)16-8-4-3-5-9-16/h6-7,10H,3-5,8-9H2,1-2H3,(H,13,14). The van der Waals surface area contributed by atoms with E-state index in [9.17, 15) is 8.42 Å². The highest BCUT2D eigenvalue weighted by molar-refractivity contribution is 7.90. The molecule has 2 rings (SSSR count). The summed E-state index contributed by atoms with van der Waals surface area (Å²) in [4.78, 5) is 6.44. The molecule has 6 nitrogen and oxygen atoms in total. The van der Waals surface area contributed by atoms with Crippen molar-refractivity contribution in [3.05, 3.63) is 18.3 Å². The third-order valence-corrected chi connectivity index (χ3v) is 4.61. The van der Waals surface area contributed by atoms with Gasteiger partial charge >= 0.3 is 10.2 Å². The number of piperidine rings is 1. The summed E-state index contributed by atoms with van der Waals surface area (Å²) in [7, 11) is -0.528. The largest absolute Gasteiger partial charge is 0.370 e. The first-order valence-corrected chi connectivity index (χ1v) is 7.84. The zero-order valence-corrected chi connectivity index (χ0v) is 12.2. The van der Waals surface area contributed by atoms with Crippen LogP contribution in [0.5, 0.6) is 0 Å². The van der Waals surface area contributed by atoms with Gasteiger partial charge in [-0.25, -0.2) is 4.98 Å². The van der Waals surface area contributed by atoms with Gasteiger partial charge in [0.25, 0.3) is 0 Å². The fourth-order valence-electron chi connectivity index (χ4n) is 2.01. The molecule has 1 aliphatic heterocycles. The lowest BCUT2D eigenvalue weighted by Crippen LogP contribution is -2.30. The molecule has 7 heteroatoms. The minimum atomic E-state index is -3.48. The maximum atomic E-state index is 11.7. The summed E-state index contributed by atoms with van der Waals surface area (Å²) in [5.74, 6) is 0.342. The number of pyridine rings is 1. The predicted molar refractivity (Wildman–Crippen MR) is 76.5 cm³/mol.